The minimum Gasteiger partial charge on any atom is -0.326 e. The van der Waals surface area contributed by atoms with Gasteiger partial charge in [0, 0.05) is 19.1 Å². The van der Waals surface area contributed by atoms with Gasteiger partial charge in [0.2, 0.25) is 10.0 Å². The van der Waals surface area contributed by atoms with Crippen LogP contribution in [0.2, 0.25) is 0 Å². The van der Waals surface area contributed by atoms with E-state index in [0.717, 1.165) is 37.1 Å². The summed E-state index contributed by atoms with van der Waals surface area (Å²) in [7, 11) is -1.46. The fourth-order valence-corrected chi connectivity index (χ4v) is 3.93. The van der Waals surface area contributed by atoms with Gasteiger partial charge < -0.3 is 10.6 Å². The molecule has 0 bridgehead atoms. The monoisotopic (exact) mass is 297 g/mol. The molecule has 1 heterocycles. The molecule has 1 saturated heterocycles. The third-order valence-corrected chi connectivity index (χ3v) is 5.32. The number of sulfonamides is 1. The molecular weight excluding hydrogens is 274 g/mol. The summed E-state index contributed by atoms with van der Waals surface area (Å²) in [6.07, 6.45) is 1.71. The molecule has 2 rings (SSSR count). The van der Waals surface area contributed by atoms with E-state index in [1.165, 1.54) is 0 Å². The second-order valence-electron chi connectivity index (χ2n) is 5.36. The van der Waals surface area contributed by atoms with Crippen molar-refractivity contribution in [2.75, 3.05) is 20.1 Å². The van der Waals surface area contributed by atoms with E-state index in [0.29, 0.717) is 11.4 Å². The third kappa shape index (κ3) is 3.38. The summed E-state index contributed by atoms with van der Waals surface area (Å²) >= 11 is 0. The number of hydrogen-bond acceptors (Lipinski definition) is 4. The molecule has 1 aliphatic rings. The number of likely N-dealkylation sites (N-methyl/N-ethyl adjacent to an activating group) is 1. The van der Waals surface area contributed by atoms with Gasteiger partial charge in [0.15, 0.2) is 0 Å². The summed E-state index contributed by atoms with van der Waals surface area (Å²) in [6.45, 7) is 4.08. The highest BCUT2D eigenvalue weighted by molar-refractivity contribution is 7.89. The number of hydrogen-bond donors (Lipinski definition) is 2. The molecule has 0 aromatic heterocycles. The molecule has 112 valence electrons. The topological polar surface area (TPSA) is 75.4 Å². The van der Waals surface area contributed by atoms with Crippen LogP contribution in [0.4, 0.5) is 0 Å². The Hall–Kier alpha value is -0.950. The second-order valence-corrected chi connectivity index (χ2v) is 7.07. The molecule has 3 N–H and O–H groups in total. The lowest BCUT2D eigenvalue weighted by Gasteiger charge is -2.15. The van der Waals surface area contributed by atoms with E-state index in [1.54, 1.807) is 12.1 Å². The van der Waals surface area contributed by atoms with Crippen LogP contribution in [0, 0.1) is 0 Å². The van der Waals surface area contributed by atoms with Crippen molar-refractivity contribution in [1.82, 2.24) is 9.62 Å². The average molecular weight is 297 g/mol. The summed E-state index contributed by atoms with van der Waals surface area (Å²) in [5, 5.41) is 0. The lowest BCUT2D eigenvalue weighted by atomic mass is 10.1. The van der Waals surface area contributed by atoms with Gasteiger partial charge in [-0.05, 0) is 49.7 Å². The lowest BCUT2D eigenvalue weighted by molar-refractivity contribution is 0.407. The Balaban J connectivity index is 2.21. The van der Waals surface area contributed by atoms with Gasteiger partial charge in [-0.15, -0.1) is 0 Å². The van der Waals surface area contributed by atoms with Crippen LogP contribution in [-0.2, 0) is 23.0 Å². The fourth-order valence-electron chi connectivity index (χ4n) is 2.62. The molecule has 1 aliphatic heterocycles. The first-order valence-electron chi connectivity index (χ1n) is 6.99. The Labute approximate surface area is 121 Å². The van der Waals surface area contributed by atoms with Crippen LogP contribution < -0.4 is 10.5 Å². The van der Waals surface area contributed by atoms with E-state index in [1.807, 2.05) is 20.0 Å². The Morgan fingerprint density at radius 2 is 2.15 bits per heavy atom. The molecule has 1 fully saturated rings. The van der Waals surface area contributed by atoms with Crippen molar-refractivity contribution in [2.24, 2.45) is 5.73 Å². The quantitative estimate of drug-likeness (QED) is 0.838. The first-order chi connectivity index (χ1) is 9.46. The zero-order valence-corrected chi connectivity index (χ0v) is 12.9. The van der Waals surface area contributed by atoms with Gasteiger partial charge >= 0.3 is 0 Å². The van der Waals surface area contributed by atoms with Crippen LogP contribution in [0.5, 0.6) is 0 Å². The van der Waals surface area contributed by atoms with Crippen molar-refractivity contribution in [3.63, 3.8) is 0 Å². The molecule has 1 aromatic rings. The molecule has 0 spiro atoms. The minimum absolute atomic E-state index is 0.00261. The Morgan fingerprint density at radius 3 is 2.70 bits per heavy atom. The summed E-state index contributed by atoms with van der Waals surface area (Å²) in [6, 6.07) is 5.22. The highest BCUT2D eigenvalue weighted by atomic mass is 32.2. The zero-order valence-electron chi connectivity index (χ0n) is 12.1. The zero-order chi connectivity index (χ0) is 14.8. The standard InChI is InChI=1S/C14H23N3O2S/c1-3-11-4-5-14(8-12(11)9-15)20(18,19)16-13-6-7-17(2)10-13/h4-5,8,13,16H,3,6-7,9-10,15H2,1-2H3. The van der Waals surface area contributed by atoms with E-state index >= 15 is 0 Å². The Morgan fingerprint density at radius 1 is 1.40 bits per heavy atom. The molecular formula is C14H23N3O2S. The number of aryl methyl sites for hydroxylation is 1. The number of likely N-dealkylation sites (tertiary alicyclic amines) is 1. The molecule has 5 nitrogen and oxygen atoms in total. The Bertz CT molecular complexity index is 572. The van der Waals surface area contributed by atoms with Gasteiger partial charge in [-0.25, -0.2) is 13.1 Å². The number of nitrogens with zero attached hydrogens (tertiary/aromatic N) is 1. The maximum absolute atomic E-state index is 12.4. The van der Waals surface area contributed by atoms with Crippen molar-refractivity contribution >= 4 is 10.0 Å². The molecule has 6 heteroatoms. The molecule has 1 atom stereocenters. The maximum Gasteiger partial charge on any atom is 0.240 e. The summed E-state index contributed by atoms with van der Waals surface area (Å²) in [5.41, 5.74) is 7.70. The average Bonchev–Trinajstić information content (AvgIpc) is 2.82. The van der Waals surface area contributed by atoms with Crippen LogP contribution in [0.3, 0.4) is 0 Å². The number of rotatable bonds is 5. The predicted molar refractivity (Wildman–Crippen MR) is 79.9 cm³/mol. The summed E-state index contributed by atoms with van der Waals surface area (Å²) in [4.78, 5) is 2.43. The fraction of sp³-hybridized carbons (Fsp3) is 0.571. The van der Waals surface area contributed by atoms with Crippen LogP contribution >= 0.6 is 0 Å². The minimum atomic E-state index is -3.46. The predicted octanol–water partition coefficient (Wildman–Crippen LogP) is 0.690. The van der Waals surface area contributed by atoms with Crippen LogP contribution in [0.1, 0.15) is 24.5 Å². The molecule has 20 heavy (non-hydrogen) atoms. The van der Waals surface area contributed by atoms with Crippen molar-refractivity contribution in [3.8, 4) is 0 Å². The molecule has 0 radical (unpaired) electrons. The number of nitrogens with one attached hydrogen (secondary N) is 1. The van der Waals surface area contributed by atoms with E-state index in [2.05, 4.69) is 9.62 Å². The van der Waals surface area contributed by atoms with E-state index in [-0.39, 0.29) is 6.04 Å². The van der Waals surface area contributed by atoms with Gasteiger partial charge in [0.05, 0.1) is 4.90 Å². The summed E-state index contributed by atoms with van der Waals surface area (Å²) in [5.74, 6) is 0. The SMILES string of the molecule is CCc1ccc(S(=O)(=O)NC2CCN(C)C2)cc1CN. The first kappa shape index (κ1) is 15.4. The highest BCUT2D eigenvalue weighted by Crippen LogP contribution is 2.18. The highest BCUT2D eigenvalue weighted by Gasteiger charge is 2.25. The van der Waals surface area contributed by atoms with Crippen molar-refractivity contribution in [2.45, 2.75) is 37.2 Å². The second kappa shape index (κ2) is 6.22. The van der Waals surface area contributed by atoms with Crippen molar-refractivity contribution < 1.29 is 8.42 Å². The molecule has 0 saturated carbocycles. The van der Waals surface area contributed by atoms with Gasteiger partial charge in [-0.1, -0.05) is 13.0 Å². The molecule has 0 aliphatic carbocycles. The largest absolute Gasteiger partial charge is 0.326 e. The number of nitrogens with two attached hydrogens (primary N) is 1. The van der Waals surface area contributed by atoms with Crippen LogP contribution in [0.25, 0.3) is 0 Å². The van der Waals surface area contributed by atoms with Gasteiger partial charge in [-0.2, -0.15) is 0 Å². The first-order valence-corrected chi connectivity index (χ1v) is 8.47. The van der Waals surface area contributed by atoms with Gasteiger partial charge in [-0.3, -0.25) is 0 Å². The summed E-state index contributed by atoms with van der Waals surface area (Å²) < 4.78 is 27.6. The van der Waals surface area contributed by atoms with E-state index in [9.17, 15) is 8.42 Å². The van der Waals surface area contributed by atoms with E-state index < -0.39 is 10.0 Å². The lowest BCUT2D eigenvalue weighted by Crippen LogP contribution is -2.36. The van der Waals surface area contributed by atoms with E-state index in [4.69, 9.17) is 5.73 Å². The van der Waals surface area contributed by atoms with Crippen LogP contribution in [-0.4, -0.2) is 39.5 Å². The number of benzene rings is 1. The van der Waals surface area contributed by atoms with Crippen molar-refractivity contribution in [3.05, 3.63) is 29.3 Å². The normalized spacial score (nSPS) is 20.4. The Kier molecular flexibility index (Phi) is 4.80. The molecule has 1 aromatic carbocycles. The van der Waals surface area contributed by atoms with Crippen LogP contribution in [0.15, 0.2) is 23.1 Å². The molecule has 0 amide bonds. The molecule has 1 unspecified atom stereocenters. The maximum atomic E-state index is 12.4. The van der Waals surface area contributed by atoms with Gasteiger partial charge in [0.25, 0.3) is 0 Å². The smallest absolute Gasteiger partial charge is 0.240 e. The van der Waals surface area contributed by atoms with Crippen molar-refractivity contribution in [1.29, 1.82) is 0 Å². The van der Waals surface area contributed by atoms with Gasteiger partial charge in [0.1, 0.15) is 0 Å². The third-order valence-electron chi connectivity index (χ3n) is 3.80.